The van der Waals surface area contributed by atoms with Crippen LogP contribution in [0.4, 0.5) is 13.2 Å². The molecule has 0 aliphatic carbocycles. The van der Waals surface area contributed by atoms with E-state index in [9.17, 15) is 13.2 Å². The first kappa shape index (κ1) is 11.4. The van der Waals surface area contributed by atoms with Gasteiger partial charge in [0.15, 0.2) is 0 Å². The minimum absolute atomic E-state index is 0.0865. The molecule has 1 aliphatic heterocycles. The van der Waals surface area contributed by atoms with Crippen molar-refractivity contribution in [2.75, 3.05) is 0 Å². The minimum Gasteiger partial charge on any atom is -0.328 e. The molecule has 0 aromatic carbocycles. The van der Waals surface area contributed by atoms with Gasteiger partial charge in [-0.2, -0.15) is 13.2 Å². The topological polar surface area (TPSA) is 43.8 Å². The summed E-state index contributed by atoms with van der Waals surface area (Å²) in [4.78, 5) is 3.46. The Morgan fingerprint density at radius 1 is 1.56 bits per heavy atom. The molecule has 0 amide bonds. The Labute approximate surface area is 91.5 Å². The molecular formula is C10H14F3N3. The summed E-state index contributed by atoms with van der Waals surface area (Å²) < 4.78 is 39.1. The number of nitrogens with zero attached hydrogens (tertiary/aromatic N) is 2. The zero-order valence-electron chi connectivity index (χ0n) is 8.96. The maximum absolute atomic E-state index is 12.6. The molecular weight excluding hydrogens is 219 g/mol. The van der Waals surface area contributed by atoms with Crippen molar-refractivity contribution in [2.24, 2.45) is 11.7 Å². The zero-order valence-corrected chi connectivity index (χ0v) is 8.96. The van der Waals surface area contributed by atoms with Gasteiger partial charge in [0.1, 0.15) is 0 Å². The third kappa shape index (κ3) is 1.93. The normalized spacial score (nSPS) is 22.9. The highest BCUT2D eigenvalue weighted by Gasteiger charge is 2.38. The van der Waals surface area contributed by atoms with Crippen molar-refractivity contribution in [1.82, 2.24) is 9.55 Å². The highest BCUT2D eigenvalue weighted by atomic mass is 19.4. The second-order valence-corrected chi connectivity index (χ2v) is 4.34. The third-order valence-electron chi connectivity index (χ3n) is 3.12. The van der Waals surface area contributed by atoms with Gasteiger partial charge in [-0.1, -0.05) is 0 Å². The molecule has 0 saturated heterocycles. The van der Waals surface area contributed by atoms with E-state index in [0.717, 1.165) is 6.42 Å². The molecule has 6 heteroatoms. The number of rotatable bonds is 1. The molecule has 0 bridgehead atoms. The Morgan fingerprint density at radius 3 is 2.81 bits per heavy atom. The molecule has 1 aliphatic rings. The number of nitrogens with two attached hydrogens (primary N) is 1. The standard InChI is InChI=1S/C10H14F3N3/c1-6(14)7-2-3-8-4-15-9(10(11,12)13)16(8)5-7/h4,6-7H,2-3,5,14H2,1H3. The average Bonchev–Trinajstić information content (AvgIpc) is 2.58. The first-order chi connectivity index (χ1) is 7.39. The van der Waals surface area contributed by atoms with Crippen molar-refractivity contribution in [1.29, 1.82) is 0 Å². The summed E-state index contributed by atoms with van der Waals surface area (Å²) in [6.45, 7) is 2.15. The molecule has 90 valence electrons. The summed E-state index contributed by atoms with van der Waals surface area (Å²) in [7, 11) is 0. The smallest absolute Gasteiger partial charge is 0.328 e. The number of fused-ring (bicyclic) bond motifs is 1. The van der Waals surface area contributed by atoms with Gasteiger partial charge < -0.3 is 10.3 Å². The predicted octanol–water partition coefficient (Wildman–Crippen LogP) is 1.81. The summed E-state index contributed by atoms with van der Waals surface area (Å²) >= 11 is 0. The molecule has 0 radical (unpaired) electrons. The first-order valence-electron chi connectivity index (χ1n) is 5.26. The molecule has 2 unspecified atom stereocenters. The number of aromatic nitrogens is 2. The first-order valence-corrected chi connectivity index (χ1v) is 5.26. The zero-order chi connectivity index (χ0) is 11.9. The molecule has 16 heavy (non-hydrogen) atoms. The molecule has 0 fully saturated rings. The van der Waals surface area contributed by atoms with Crippen molar-refractivity contribution < 1.29 is 13.2 Å². The van der Waals surface area contributed by atoms with E-state index in [0.29, 0.717) is 18.7 Å². The van der Waals surface area contributed by atoms with Crippen LogP contribution < -0.4 is 5.73 Å². The molecule has 2 N–H and O–H groups in total. The molecule has 0 spiro atoms. The lowest BCUT2D eigenvalue weighted by Gasteiger charge is -2.28. The SMILES string of the molecule is CC(N)C1CCc2cnc(C(F)(F)F)n2C1. The maximum atomic E-state index is 12.6. The summed E-state index contributed by atoms with van der Waals surface area (Å²) in [5, 5.41) is 0. The molecule has 2 heterocycles. The molecule has 0 saturated carbocycles. The van der Waals surface area contributed by atoms with Gasteiger partial charge in [0.2, 0.25) is 5.82 Å². The third-order valence-corrected chi connectivity index (χ3v) is 3.12. The fraction of sp³-hybridized carbons (Fsp3) is 0.700. The second-order valence-electron chi connectivity index (χ2n) is 4.34. The summed E-state index contributed by atoms with van der Waals surface area (Å²) in [5.41, 5.74) is 6.39. The van der Waals surface area contributed by atoms with Gasteiger partial charge in [-0.15, -0.1) is 0 Å². The highest BCUT2D eigenvalue weighted by Crippen LogP contribution is 2.32. The lowest BCUT2D eigenvalue weighted by Crippen LogP contribution is -2.35. The Bertz CT molecular complexity index is 381. The van der Waals surface area contributed by atoms with Gasteiger partial charge in [0.25, 0.3) is 0 Å². The van der Waals surface area contributed by atoms with E-state index in [1.807, 2.05) is 6.92 Å². The lowest BCUT2D eigenvalue weighted by atomic mass is 9.92. The molecule has 1 aromatic rings. The van der Waals surface area contributed by atoms with Crippen LogP contribution in [-0.4, -0.2) is 15.6 Å². The summed E-state index contributed by atoms with van der Waals surface area (Å²) in [6.07, 6.45) is -1.60. The second kappa shape index (κ2) is 3.76. The van der Waals surface area contributed by atoms with Gasteiger partial charge in [0, 0.05) is 24.5 Å². The van der Waals surface area contributed by atoms with E-state index in [4.69, 9.17) is 5.73 Å². The van der Waals surface area contributed by atoms with Gasteiger partial charge in [0.05, 0.1) is 0 Å². The Kier molecular flexibility index (Phi) is 2.69. The van der Waals surface area contributed by atoms with Crippen molar-refractivity contribution in [3.63, 3.8) is 0 Å². The van der Waals surface area contributed by atoms with Crippen LogP contribution >= 0.6 is 0 Å². The quantitative estimate of drug-likeness (QED) is 0.804. The van der Waals surface area contributed by atoms with Crippen molar-refractivity contribution in [3.8, 4) is 0 Å². The van der Waals surface area contributed by atoms with Crippen LogP contribution in [0.3, 0.4) is 0 Å². The van der Waals surface area contributed by atoms with Crippen molar-refractivity contribution in [3.05, 3.63) is 17.7 Å². The van der Waals surface area contributed by atoms with Crippen molar-refractivity contribution in [2.45, 2.75) is 38.5 Å². The van der Waals surface area contributed by atoms with Crippen LogP contribution in [0.2, 0.25) is 0 Å². The Hall–Kier alpha value is -1.04. The number of imidazole rings is 1. The number of hydrogen-bond donors (Lipinski definition) is 1. The molecule has 1 aromatic heterocycles. The Balaban J connectivity index is 2.32. The fourth-order valence-corrected chi connectivity index (χ4v) is 2.13. The van der Waals surface area contributed by atoms with Gasteiger partial charge in [-0.25, -0.2) is 4.98 Å². The van der Waals surface area contributed by atoms with E-state index in [-0.39, 0.29) is 12.0 Å². The number of aryl methyl sites for hydroxylation is 1. The van der Waals surface area contributed by atoms with Crippen LogP contribution in [0.25, 0.3) is 0 Å². The molecule has 2 rings (SSSR count). The summed E-state index contributed by atoms with van der Waals surface area (Å²) in [6, 6.07) is -0.0865. The fourth-order valence-electron chi connectivity index (χ4n) is 2.13. The number of hydrogen-bond acceptors (Lipinski definition) is 2. The molecule has 3 nitrogen and oxygen atoms in total. The number of alkyl halides is 3. The van der Waals surface area contributed by atoms with Gasteiger partial charge in [-0.3, -0.25) is 0 Å². The maximum Gasteiger partial charge on any atom is 0.449 e. The minimum atomic E-state index is -4.38. The lowest BCUT2D eigenvalue weighted by molar-refractivity contribution is -0.147. The predicted molar refractivity (Wildman–Crippen MR) is 52.7 cm³/mol. The van der Waals surface area contributed by atoms with E-state index in [1.165, 1.54) is 10.8 Å². The van der Waals surface area contributed by atoms with Gasteiger partial charge >= 0.3 is 6.18 Å². The van der Waals surface area contributed by atoms with E-state index in [2.05, 4.69) is 4.98 Å². The molecule has 2 atom stereocenters. The van der Waals surface area contributed by atoms with Crippen LogP contribution in [0.1, 0.15) is 24.9 Å². The van der Waals surface area contributed by atoms with Crippen LogP contribution in [-0.2, 0) is 19.1 Å². The van der Waals surface area contributed by atoms with Gasteiger partial charge in [-0.05, 0) is 25.7 Å². The van der Waals surface area contributed by atoms with Crippen LogP contribution in [0.5, 0.6) is 0 Å². The Morgan fingerprint density at radius 2 is 2.25 bits per heavy atom. The average molecular weight is 233 g/mol. The monoisotopic (exact) mass is 233 g/mol. The van der Waals surface area contributed by atoms with E-state index < -0.39 is 12.0 Å². The van der Waals surface area contributed by atoms with Crippen molar-refractivity contribution >= 4 is 0 Å². The largest absolute Gasteiger partial charge is 0.449 e. The van der Waals surface area contributed by atoms with E-state index in [1.54, 1.807) is 0 Å². The summed E-state index contributed by atoms with van der Waals surface area (Å²) in [5.74, 6) is -0.698. The van der Waals surface area contributed by atoms with Crippen LogP contribution in [0, 0.1) is 5.92 Å². The van der Waals surface area contributed by atoms with E-state index >= 15 is 0 Å². The number of halogens is 3. The highest BCUT2D eigenvalue weighted by molar-refractivity contribution is 5.11. The van der Waals surface area contributed by atoms with Crippen LogP contribution in [0.15, 0.2) is 6.20 Å².